The topological polar surface area (TPSA) is 134 Å². The van der Waals surface area contributed by atoms with Crippen molar-refractivity contribution in [2.45, 2.75) is 0 Å². The third-order valence-corrected chi connectivity index (χ3v) is 26.6. The predicted molar refractivity (Wildman–Crippen MR) is 579 cm³/mol. The van der Waals surface area contributed by atoms with E-state index in [1.165, 1.54) is 76.5 Å². The second-order valence-corrected chi connectivity index (χ2v) is 35.4. The lowest BCUT2D eigenvalue weighted by Crippen LogP contribution is -1.98. The fourth-order valence-electron chi connectivity index (χ4n) is 19.9. The van der Waals surface area contributed by atoms with Gasteiger partial charge in [0.25, 0.3) is 0 Å². The van der Waals surface area contributed by atoms with Crippen molar-refractivity contribution in [2.24, 2.45) is 0 Å². The van der Waals surface area contributed by atoms with Crippen LogP contribution >= 0.6 is 0 Å². The van der Waals surface area contributed by atoms with Crippen LogP contribution in [0.2, 0.25) is 0 Å². The van der Waals surface area contributed by atoms with Gasteiger partial charge in [0.2, 0.25) is 11.8 Å². The van der Waals surface area contributed by atoms with Crippen LogP contribution in [-0.2, 0) is 0 Å². The van der Waals surface area contributed by atoms with E-state index in [-0.39, 0.29) is 0 Å². The molecule has 8 aromatic heterocycles. The van der Waals surface area contributed by atoms with Crippen molar-refractivity contribution in [3.8, 4) is 162 Å². The van der Waals surface area contributed by atoms with E-state index in [0.717, 1.165) is 172 Å². The molecule has 0 N–H and O–H groups in total. The van der Waals surface area contributed by atoms with Crippen LogP contribution in [0.15, 0.2) is 514 Å². The van der Waals surface area contributed by atoms with Crippen LogP contribution < -0.4 is 0 Å². The molecule has 0 atom stereocenters. The standard InChI is InChI=1S/C45H30N2.C43H27N3O.C42H26N4O/c1-3-14-31(15-4-1)32-18-13-19-33(26-32)36-28-37(44-40-22-9-7-16-34(40)27-35-17-8-10-23-41(35)44)30-38(29-36)45-46-42-24-11-12-25-43(42)47(45)39-20-5-2-6-21-39;1-3-13-38-28(9-1)19-29-10-2-4-14-39(29)42(38)36-23-35(24-37(25-36)43-46-40-15-5-6-16-41(40)47-43)34-21-32(30-11-7-17-44-26-30)20-33(22-34)31-12-8-18-45-27-31;1-2-11-36-27(8-1)24-38(37-12-7-17-45-41(36)37)34-21-33(22-35(23-34)42-46-39-13-3-4-14-40(39)47-42)32-19-30(28-9-5-15-43-25-28)18-31(20-32)29-10-6-16-44-26-29/h1-30H;1-27H;1-26H. The maximum Gasteiger partial charge on any atom is 0.227 e. The fourth-order valence-corrected chi connectivity index (χ4v) is 19.9. The molecule has 8 heterocycles. The summed E-state index contributed by atoms with van der Waals surface area (Å²) in [5.74, 6) is 2.09. The van der Waals surface area contributed by atoms with Gasteiger partial charge >= 0.3 is 0 Å². The lowest BCUT2D eigenvalue weighted by atomic mass is 9.88. The Morgan fingerprint density at radius 2 is 0.511 bits per heavy atom. The van der Waals surface area contributed by atoms with E-state index < -0.39 is 0 Å². The highest BCUT2D eigenvalue weighted by Crippen LogP contribution is 2.48. The maximum absolute atomic E-state index is 6.37. The summed E-state index contributed by atoms with van der Waals surface area (Å²) in [7, 11) is 0. The summed E-state index contributed by atoms with van der Waals surface area (Å²) in [6, 6.07) is 158. The van der Waals surface area contributed by atoms with Crippen molar-refractivity contribution in [1.29, 1.82) is 0 Å². The molecule has 0 spiro atoms. The number of hydrogen-bond acceptors (Lipinski definition) is 10. The van der Waals surface area contributed by atoms with Crippen molar-refractivity contribution < 1.29 is 8.83 Å². The Labute approximate surface area is 812 Å². The zero-order chi connectivity index (χ0) is 93.5. The number of imidazole rings is 1. The first-order valence-electron chi connectivity index (χ1n) is 47.2. The van der Waals surface area contributed by atoms with Gasteiger partial charge in [-0.25, -0.2) is 15.0 Å². The molecule has 0 amide bonds. The largest absolute Gasteiger partial charge is 0.436 e. The number of oxazole rings is 2. The predicted octanol–water partition coefficient (Wildman–Crippen LogP) is 33.9. The third kappa shape index (κ3) is 16.5. The van der Waals surface area contributed by atoms with E-state index in [0.29, 0.717) is 11.8 Å². The number of hydrogen-bond donors (Lipinski definition) is 0. The number of rotatable bonds is 15. The quantitative estimate of drug-likeness (QED) is 0.0721. The molecule has 0 radical (unpaired) electrons. The molecule has 0 bridgehead atoms. The van der Waals surface area contributed by atoms with Crippen molar-refractivity contribution in [3.05, 3.63) is 505 Å². The van der Waals surface area contributed by atoms with Gasteiger partial charge in [-0.15, -0.1) is 0 Å². The van der Waals surface area contributed by atoms with Crippen molar-refractivity contribution in [3.63, 3.8) is 0 Å². The molecule has 27 aromatic rings. The second-order valence-electron chi connectivity index (χ2n) is 35.4. The smallest absolute Gasteiger partial charge is 0.227 e. The summed E-state index contributed by atoms with van der Waals surface area (Å²) < 4.78 is 15.0. The van der Waals surface area contributed by atoms with Crippen LogP contribution in [0.5, 0.6) is 0 Å². The monoisotopic (exact) mass is 1800 g/mol. The summed E-state index contributed by atoms with van der Waals surface area (Å²) in [5.41, 5.74) is 34.5. The van der Waals surface area contributed by atoms with E-state index in [9.17, 15) is 0 Å². The van der Waals surface area contributed by atoms with Crippen molar-refractivity contribution in [2.75, 3.05) is 0 Å². The lowest BCUT2D eigenvalue weighted by Gasteiger charge is -2.16. The van der Waals surface area contributed by atoms with Gasteiger partial charge in [0, 0.05) is 111 Å². The minimum atomic E-state index is 0.577. The molecule has 660 valence electrons. The van der Waals surface area contributed by atoms with Crippen LogP contribution in [0, 0.1) is 0 Å². The van der Waals surface area contributed by atoms with Gasteiger partial charge in [0.1, 0.15) is 16.9 Å². The molecule has 0 aliphatic rings. The summed E-state index contributed by atoms with van der Waals surface area (Å²) in [4.78, 5) is 37.6. The Balaban J connectivity index is 0.000000111. The van der Waals surface area contributed by atoms with Gasteiger partial charge in [-0.2, -0.15) is 0 Å². The van der Waals surface area contributed by atoms with Gasteiger partial charge in [0.15, 0.2) is 11.2 Å². The van der Waals surface area contributed by atoms with E-state index in [1.54, 1.807) is 24.8 Å². The molecule has 0 saturated carbocycles. The Morgan fingerprint density at radius 1 is 0.191 bits per heavy atom. The molecule has 19 aromatic carbocycles. The van der Waals surface area contributed by atoms with E-state index in [2.05, 4.69) is 395 Å². The second kappa shape index (κ2) is 36.6. The van der Waals surface area contributed by atoms with Crippen LogP contribution in [0.25, 0.3) is 260 Å². The summed E-state index contributed by atoms with van der Waals surface area (Å²) in [5, 5.41) is 13.1. The zero-order valence-electron chi connectivity index (χ0n) is 76.3. The van der Waals surface area contributed by atoms with E-state index in [1.807, 2.05) is 110 Å². The number of pyridine rings is 5. The molecule has 0 aliphatic heterocycles. The number of para-hydroxylation sites is 7. The van der Waals surface area contributed by atoms with Gasteiger partial charge in [-0.3, -0.25) is 29.5 Å². The SMILES string of the molecule is c1ccc(-c2cccc(-c3cc(-c4c5ccccc5cc5ccccc45)cc(-c4nc5ccccc5n4-c4ccccc4)c3)c2)cc1.c1cncc(-c2cc(-c3cccnc3)cc(-c3cc(-c4nc5ccccc5o4)cc(-c4c5ccccc5cc5ccccc45)c3)c2)c1.c1cncc(-c2cc(-c3cccnc3)cc(-c3cc(-c4nc5ccccc5o4)cc(-c4cc5ccccc5c5ncccc45)c3)c2)c1. The van der Waals surface area contributed by atoms with Gasteiger partial charge in [-0.1, -0.05) is 255 Å². The fraction of sp³-hybridized carbons (Fsp3) is 0. The first kappa shape index (κ1) is 83.7. The third-order valence-electron chi connectivity index (χ3n) is 26.6. The summed E-state index contributed by atoms with van der Waals surface area (Å²) >= 11 is 0. The lowest BCUT2D eigenvalue weighted by molar-refractivity contribution is 0.619. The molecular weight excluding hydrogens is 1720 g/mol. The maximum atomic E-state index is 6.37. The van der Waals surface area contributed by atoms with Gasteiger partial charge in [-0.05, 0) is 343 Å². The van der Waals surface area contributed by atoms with E-state index in [4.69, 9.17) is 28.8 Å². The summed E-state index contributed by atoms with van der Waals surface area (Å²) in [6.45, 7) is 0. The number of nitrogens with zero attached hydrogens (tertiary/aromatic N) is 9. The Bertz CT molecular complexity index is 9130. The van der Waals surface area contributed by atoms with E-state index >= 15 is 0 Å². The molecule has 0 unspecified atom stereocenters. The first-order chi connectivity index (χ1) is 69.8. The Hall–Kier alpha value is -19.1. The molecule has 11 heteroatoms. The van der Waals surface area contributed by atoms with Gasteiger partial charge in [0.05, 0.1) is 16.6 Å². The number of benzene rings is 19. The molecule has 27 rings (SSSR count). The highest BCUT2D eigenvalue weighted by atomic mass is 16.4. The Morgan fingerprint density at radius 3 is 0.979 bits per heavy atom. The Kier molecular flexibility index (Phi) is 21.7. The number of aromatic nitrogens is 9. The molecule has 11 nitrogen and oxygen atoms in total. The van der Waals surface area contributed by atoms with Crippen LogP contribution in [0.4, 0.5) is 0 Å². The normalized spacial score (nSPS) is 11.4. The van der Waals surface area contributed by atoms with Crippen LogP contribution in [-0.4, -0.2) is 44.4 Å². The highest BCUT2D eigenvalue weighted by Gasteiger charge is 2.24. The van der Waals surface area contributed by atoms with Gasteiger partial charge < -0.3 is 8.83 Å². The molecule has 0 aliphatic carbocycles. The molecular formula is C130H83N9O2. The first-order valence-corrected chi connectivity index (χ1v) is 47.2. The van der Waals surface area contributed by atoms with Crippen LogP contribution in [0.1, 0.15) is 0 Å². The minimum absolute atomic E-state index is 0.577. The van der Waals surface area contributed by atoms with Crippen LogP contribution in [0.3, 0.4) is 0 Å². The average Bonchev–Trinajstić information content (AvgIpc) is 1.71. The minimum Gasteiger partial charge on any atom is -0.436 e. The van der Waals surface area contributed by atoms with Crippen molar-refractivity contribution >= 4 is 98.0 Å². The average molecular weight is 1800 g/mol. The molecule has 141 heavy (non-hydrogen) atoms. The highest BCUT2D eigenvalue weighted by molar-refractivity contribution is 6.16. The number of fused-ring (bicyclic) bond motifs is 10. The zero-order valence-corrected chi connectivity index (χ0v) is 76.3. The molecule has 0 fully saturated rings. The van der Waals surface area contributed by atoms with Crippen molar-refractivity contribution in [1.82, 2.24) is 44.4 Å². The summed E-state index contributed by atoms with van der Waals surface area (Å²) in [6.07, 6.45) is 16.7. The molecule has 0 saturated heterocycles.